The van der Waals surface area contributed by atoms with Crippen LogP contribution in [0.15, 0.2) is 47.4 Å². The summed E-state index contributed by atoms with van der Waals surface area (Å²) in [7, 11) is -3.93. The molecule has 0 amide bonds. The normalized spacial score (nSPS) is 11.1. The van der Waals surface area contributed by atoms with Gasteiger partial charge in [-0.2, -0.15) is 0 Å². The van der Waals surface area contributed by atoms with E-state index in [2.05, 4.69) is 4.72 Å². The lowest BCUT2D eigenvalue weighted by molar-refractivity contribution is 0.0697. The SMILES string of the molecule is Nc1cc(C(=O)O)ccc1NS(=O)(=O)c1ccc(F)cc1. The summed E-state index contributed by atoms with van der Waals surface area (Å²) in [6.45, 7) is 0. The highest BCUT2D eigenvalue weighted by Gasteiger charge is 2.16. The summed E-state index contributed by atoms with van der Waals surface area (Å²) in [6, 6.07) is 7.88. The molecule has 0 aliphatic heterocycles. The predicted octanol–water partition coefficient (Wildman–Crippen LogP) is 1.91. The van der Waals surface area contributed by atoms with Crippen LogP contribution in [0.3, 0.4) is 0 Å². The molecule has 0 bridgehead atoms. The van der Waals surface area contributed by atoms with E-state index in [1.54, 1.807) is 0 Å². The molecule has 8 heteroatoms. The molecule has 0 atom stereocenters. The van der Waals surface area contributed by atoms with Gasteiger partial charge in [0.25, 0.3) is 10.0 Å². The van der Waals surface area contributed by atoms with Gasteiger partial charge in [0.15, 0.2) is 0 Å². The third-order valence-corrected chi connectivity index (χ3v) is 4.05. The Hall–Kier alpha value is -2.61. The van der Waals surface area contributed by atoms with Gasteiger partial charge in [-0.25, -0.2) is 17.6 Å². The minimum Gasteiger partial charge on any atom is -0.478 e. The van der Waals surface area contributed by atoms with Gasteiger partial charge >= 0.3 is 5.97 Å². The zero-order chi connectivity index (χ0) is 15.6. The van der Waals surface area contributed by atoms with Crippen LogP contribution >= 0.6 is 0 Å². The molecule has 2 aromatic carbocycles. The van der Waals surface area contributed by atoms with Gasteiger partial charge in [-0.3, -0.25) is 4.72 Å². The van der Waals surface area contributed by atoms with Gasteiger partial charge in [0.2, 0.25) is 0 Å². The van der Waals surface area contributed by atoms with Gasteiger partial charge in [0, 0.05) is 0 Å². The molecule has 0 aromatic heterocycles. The predicted molar refractivity (Wildman–Crippen MR) is 75.0 cm³/mol. The largest absolute Gasteiger partial charge is 0.478 e. The molecule has 0 saturated carbocycles. The number of benzene rings is 2. The van der Waals surface area contributed by atoms with E-state index in [1.807, 2.05) is 0 Å². The van der Waals surface area contributed by atoms with Gasteiger partial charge < -0.3 is 10.8 Å². The number of aromatic carboxylic acids is 1. The highest BCUT2D eigenvalue weighted by Crippen LogP contribution is 2.23. The topological polar surface area (TPSA) is 109 Å². The maximum absolute atomic E-state index is 12.8. The lowest BCUT2D eigenvalue weighted by Gasteiger charge is -2.10. The van der Waals surface area contributed by atoms with E-state index in [4.69, 9.17) is 10.8 Å². The number of carboxylic acids is 1. The summed E-state index contributed by atoms with van der Waals surface area (Å²) in [4.78, 5) is 10.6. The third kappa shape index (κ3) is 3.29. The van der Waals surface area contributed by atoms with Gasteiger partial charge in [-0.15, -0.1) is 0 Å². The fourth-order valence-corrected chi connectivity index (χ4v) is 2.69. The number of hydrogen-bond acceptors (Lipinski definition) is 4. The number of carboxylic acid groups (broad SMARTS) is 1. The van der Waals surface area contributed by atoms with Crippen molar-refractivity contribution in [2.24, 2.45) is 0 Å². The first-order valence-electron chi connectivity index (χ1n) is 5.71. The Morgan fingerprint density at radius 2 is 1.76 bits per heavy atom. The van der Waals surface area contributed by atoms with Crippen molar-refractivity contribution in [3.63, 3.8) is 0 Å². The second-order valence-corrected chi connectivity index (χ2v) is 5.85. The highest BCUT2D eigenvalue weighted by atomic mass is 32.2. The molecule has 0 radical (unpaired) electrons. The van der Waals surface area contributed by atoms with Crippen LogP contribution in [0.5, 0.6) is 0 Å². The molecule has 4 N–H and O–H groups in total. The molecule has 0 aliphatic rings. The quantitative estimate of drug-likeness (QED) is 0.747. The van der Waals surface area contributed by atoms with E-state index in [0.29, 0.717) is 0 Å². The number of hydrogen-bond donors (Lipinski definition) is 3. The summed E-state index contributed by atoms with van der Waals surface area (Å²) in [5.74, 6) is -1.73. The fourth-order valence-electron chi connectivity index (χ4n) is 1.61. The minimum atomic E-state index is -3.93. The molecular weight excluding hydrogens is 299 g/mol. The van der Waals surface area contributed by atoms with Crippen LogP contribution in [0.4, 0.5) is 15.8 Å². The first-order chi connectivity index (χ1) is 9.79. The summed E-state index contributed by atoms with van der Waals surface area (Å²) >= 11 is 0. The average Bonchev–Trinajstić information content (AvgIpc) is 2.41. The maximum Gasteiger partial charge on any atom is 0.335 e. The van der Waals surface area contributed by atoms with E-state index < -0.39 is 21.8 Å². The van der Waals surface area contributed by atoms with Crippen molar-refractivity contribution in [3.05, 3.63) is 53.8 Å². The van der Waals surface area contributed by atoms with Crippen LogP contribution in [0.1, 0.15) is 10.4 Å². The van der Waals surface area contributed by atoms with Gasteiger partial charge in [0.05, 0.1) is 21.8 Å². The molecule has 6 nitrogen and oxygen atoms in total. The van der Waals surface area contributed by atoms with Crippen LogP contribution in [-0.4, -0.2) is 19.5 Å². The van der Waals surface area contributed by atoms with Crippen molar-refractivity contribution < 1.29 is 22.7 Å². The minimum absolute atomic E-state index is 0.0272. The number of halogens is 1. The van der Waals surface area contributed by atoms with Crippen molar-refractivity contribution in [2.75, 3.05) is 10.5 Å². The van der Waals surface area contributed by atoms with Crippen LogP contribution in [0.2, 0.25) is 0 Å². The lowest BCUT2D eigenvalue weighted by atomic mass is 10.2. The second-order valence-electron chi connectivity index (χ2n) is 4.17. The number of sulfonamides is 1. The Morgan fingerprint density at radius 3 is 2.29 bits per heavy atom. The van der Waals surface area contributed by atoms with Crippen molar-refractivity contribution in [2.45, 2.75) is 4.90 Å². The smallest absolute Gasteiger partial charge is 0.335 e. The van der Waals surface area contributed by atoms with Crippen LogP contribution in [-0.2, 0) is 10.0 Å². The van der Waals surface area contributed by atoms with Crippen molar-refractivity contribution in [3.8, 4) is 0 Å². The molecule has 0 aliphatic carbocycles. The zero-order valence-electron chi connectivity index (χ0n) is 10.6. The van der Waals surface area contributed by atoms with Gasteiger partial charge in [0.1, 0.15) is 5.82 Å². The van der Waals surface area contributed by atoms with Crippen LogP contribution in [0, 0.1) is 5.82 Å². The molecule has 21 heavy (non-hydrogen) atoms. The average molecular weight is 310 g/mol. The number of nitrogens with two attached hydrogens (primary N) is 1. The molecule has 0 spiro atoms. The van der Waals surface area contributed by atoms with Gasteiger partial charge in [-0.05, 0) is 42.5 Å². The first kappa shape index (κ1) is 14.8. The zero-order valence-corrected chi connectivity index (χ0v) is 11.4. The van der Waals surface area contributed by atoms with Crippen molar-refractivity contribution in [1.82, 2.24) is 0 Å². The Kier molecular flexibility index (Phi) is 3.81. The second kappa shape index (κ2) is 5.41. The summed E-state index contributed by atoms with van der Waals surface area (Å²) < 4.78 is 39.2. The van der Waals surface area contributed by atoms with Gasteiger partial charge in [-0.1, -0.05) is 0 Å². The van der Waals surface area contributed by atoms with E-state index in [9.17, 15) is 17.6 Å². The Bertz CT molecular complexity index is 788. The molecule has 2 rings (SSSR count). The summed E-state index contributed by atoms with van der Waals surface area (Å²) in [5, 5.41) is 8.81. The Morgan fingerprint density at radius 1 is 1.14 bits per heavy atom. The van der Waals surface area contributed by atoms with E-state index >= 15 is 0 Å². The molecule has 2 aromatic rings. The van der Waals surface area contributed by atoms with Crippen LogP contribution in [0.25, 0.3) is 0 Å². The van der Waals surface area contributed by atoms with Crippen molar-refractivity contribution in [1.29, 1.82) is 0 Å². The Balaban J connectivity index is 2.32. The van der Waals surface area contributed by atoms with Crippen LogP contribution < -0.4 is 10.5 Å². The molecule has 110 valence electrons. The molecular formula is C13H11FN2O4S. The van der Waals surface area contributed by atoms with E-state index in [-0.39, 0.29) is 21.8 Å². The van der Waals surface area contributed by atoms with E-state index in [1.165, 1.54) is 12.1 Å². The molecule has 0 unspecified atom stereocenters. The highest BCUT2D eigenvalue weighted by molar-refractivity contribution is 7.92. The number of rotatable bonds is 4. The summed E-state index contributed by atoms with van der Waals surface area (Å²) in [5.41, 5.74) is 5.58. The summed E-state index contributed by atoms with van der Waals surface area (Å²) in [6.07, 6.45) is 0. The molecule has 0 fully saturated rings. The number of carbonyl (C=O) groups is 1. The maximum atomic E-state index is 12.8. The molecule has 0 saturated heterocycles. The number of nitrogen functional groups attached to an aromatic ring is 1. The number of anilines is 2. The first-order valence-corrected chi connectivity index (χ1v) is 7.19. The lowest BCUT2D eigenvalue weighted by Crippen LogP contribution is -2.14. The number of nitrogens with one attached hydrogen (secondary N) is 1. The Labute approximate surface area is 120 Å². The molecule has 0 heterocycles. The van der Waals surface area contributed by atoms with E-state index in [0.717, 1.165) is 30.3 Å². The standard InChI is InChI=1S/C13H11FN2O4S/c14-9-2-4-10(5-3-9)21(19,20)16-12-6-1-8(13(17)18)7-11(12)15/h1-7,16H,15H2,(H,17,18). The van der Waals surface area contributed by atoms with Crippen molar-refractivity contribution >= 4 is 27.4 Å². The third-order valence-electron chi connectivity index (χ3n) is 2.67. The monoisotopic (exact) mass is 310 g/mol. The fraction of sp³-hybridized carbons (Fsp3) is 0.